The number of anilines is 2. The monoisotopic (exact) mass is 436 g/mol. The molecule has 0 aliphatic carbocycles. The predicted molar refractivity (Wildman–Crippen MR) is 126 cm³/mol. The number of aromatic amines is 1. The summed E-state index contributed by atoms with van der Waals surface area (Å²) in [4.78, 5) is 23.0. The second kappa shape index (κ2) is 10.0. The summed E-state index contributed by atoms with van der Waals surface area (Å²) in [7, 11) is 0. The number of nitrogens with one attached hydrogen (secondary N) is 2. The van der Waals surface area contributed by atoms with Gasteiger partial charge in [0.15, 0.2) is 5.16 Å². The molecule has 3 aromatic rings. The highest BCUT2D eigenvalue weighted by Crippen LogP contribution is 2.25. The molecule has 2 aromatic carbocycles. The van der Waals surface area contributed by atoms with E-state index in [1.165, 1.54) is 17.3 Å². The first-order valence-electron chi connectivity index (χ1n) is 10.6. The van der Waals surface area contributed by atoms with Gasteiger partial charge in [-0.3, -0.25) is 4.79 Å². The van der Waals surface area contributed by atoms with Crippen molar-refractivity contribution < 1.29 is 9.53 Å². The van der Waals surface area contributed by atoms with Crippen LogP contribution in [0.25, 0.3) is 0 Å². The Morgan fingerprint density at radius 2 is 1.87 bits per heavy atom. The van der Waals surface area contributed by atoms with Crippen molar-refractivity contribution in [3.8, 4) is 0 Å². The molecule has 1 aliphatic heterocycles. The quantitative estimate of drug-likeness (QED) is 0.542. The fraction of sp³-hybridized carbons (Fsp3) is 0.333. The molecule has 0 radical (unpaired) electrons. The lowest BCUT2D eigenvalue weighted by atomic mass is 10.1. The van der Waals surface area contributed by atoms with E-state index in [9.17, 15) is 4.79 Å². The molecule has 0 spiro atoms. The molecular weight excluding hydrogens is 408 g/mol. The van der Waals surface area contributed by atoms with Crippen LogP contribution in [0.15, 0.2) is 59.8 Å². The van der Waals surface area contributed by atoms with E-state index < -0.39 is 0 Å². The van der Waals surface area contributed by atoms with Crippen LogP contribution in [0.3, 0.4) is 0 Å². The Kier molecular flexibility index (Phi) is 6.94. The van der Waals surface area contributed by atoms with Gasteiger partial charge in [-0.1, -0.05) is 42.1 Å². The molecule has 31 heavy (non-hydrogen) atoms. The van der Waals surface area contributed by atoms with Crippen molar-refractivity contribution in [3.63, 3.8) is 0 Å². The van der Waals surface area contributed by atoms with Gasteiger partial charge in [-0.2, -0.15) is 0 Å². The molecule has 0 saturated carbocycles. The average Bonchev–Trinajstić information content (AvgIpc) is 3.14. The maximum absolute atomic E-state index is 12.7. The molecule has 2 N–H and O–H groups in total. The topological polar surface area (TPSA) is 70.2 Å². The first kappa shape index (κ1) is 21.5. The summed E-state index contributed by atoms with van der Waals surface area (Å²) < 4.78 is 5.40. The molecule has 1 atom stereocenters. The Hall–Kier alpha value is -2.77. The zero-order valence-electron chi connectivity index (χ0n) is 17.9. The van der Waals surface area contributed by atoms with Crippen molar-refractivity contribution in [3.05, 3.63) is 71.5 Å². The number of nitrogens with zero attached hydrogens (tertiary/aromatic N) is 2. The highest BCUT2D eigenvalue weighted by molar-refractivity contribution is 8.00. The number of rotatable bonds is 7. The van der Waals surface area contributed by atoms with Crippen LogP contribution in [0, 0.1) is 6.92 Å². The number of imidazole rings is 1. The van der Waals surface area contributed by atoms with Crippen molar-refractivity contribution >= 4 is 29.0 Å². The van der Waals surface area contributed by atoms with E-state index in [0.29, 0.717) is 0 Å². The minimum atomic E-state index is -0.269. The van der Waals surface area contributed by atoms with Gasteiger partial charge in [0.2, 0.25) is 5.91 Å². The van der Waals surface area contributed by atoms with Crippen LogP contribution in [0.4, 0.5) is 11.4 Å². The summed E-state index contributed by atoms with van der Waals surface area (Å²) in [6.07, 6.45) is 0.778. The number of thioether (sulfide) groups is 1. The number of benzene rings is 2. The van der Waals surface area contributed by atoms with Gasteiger partial charge in [-0.25, -0.2) is 4.98 Å². The second-order valence-corrected chi connectivity index (χ2v) is 9.00. The molecule has 1 aliphatic rings. The molecular formula is C24H28N4O2S. The minimum Gasteiger partial charge on any atom is -0.378 e. The van der Waals surface area contributed by atoms with Gasteiger partial charge >= 0.3 is 0 Å². The van der Waals surface area contributed by atoms with Crippen LogP contribution in [0.1, 0.15) is 23.9 Å². The van der Waals surface area contributed by atoms with Gasteiger partial charge in [-0.15, -0.1) is 0 Å². The maximum Gasteiger partial charge on any atom is 0.237 e. The van der Waals surface area contributed by atoms with Crippen molar-refractivity contribution in [2.45, 2.75) is 30.7 Å². The molecule has 1 fully saturated rings. The molecule has 1 saturated heterocycles. The first-order chi connectivity index (χ1) is 15.1. The zero-order chi connectivity index (χ0) is 21.6. The second-order valence-electron chi connectivity index (χ2n) is 7.67. The summed E-state index contributed by atoms with van der Waals surface area (Å²) in [5.41, 5.74) is 5.23. The van der Waals surface area contributed by atoms with E-state index in [2.05, 4.69) is 27.3 Å². The van der Waals surface area contributed by atoms with Crippen molar-refractivity contribution in [2.24, 2.45) is 0 Å². The van der Waals surface area contributed by atoms with E-state index in [-0.39, 0.29) is 11.2 Å². The number of hydrogen-bond acceptors (Lipinski definition) is 5. The third-order valence-electron chi connectivity index (χ3n) is 5.35. The number of H-pyrrole nitrogens is 1. The largest absolute Gasteiger partial charge is 0.378 e. The lowest BCUT2D eigenvalue weighted by molar-refractivity contribution is -0.115. The molecule has 0 unspecified atom stereocenters. The number of carbonyl (C=O) groups excluding carboxylic acids is 1. The molecule has 0 bridgehead atoms. The zero-order valence-corrected chi connectivity index (χ0v) is 18.7. The van der Waals surface area contributed by atoms with Crippen LogP contribution in [0.5, 0.6) is 0 Å². The third-order valence-corrected chi connectivity index (χ3v) is 6.33. The van der Waals surface area contributed by atoms with Crippen LogP contribution in [0.2, 0.25) is 0 Å². The third kappa shape index (κ3) is 5.68. The standard InChI is InChI=1S/C24H28N4O2S/c1-17-22(16-19-6-4-3-5-7-19)27-24(25-17)31-18(2)23(29)26-20-8-10-21(11-9-20)28-12-14-30-15-13-28/h3-11,18H,12-16H2,1-2H3,(H,25,27)(H,26,29)/t18-/m0/s1. The summed E-state index contributed by atoms with van der Waals surface area (Å²) >= 11 is 1.44. The number of ether oxygens (including phenoxy) is 1. The Bertz CT molecular complexity index is 998. The Balaban J connectivity index is 1.33. The van der Waals surface area contributed by atoms with Crippen molar-refractivity contribution in [1.29, 1.82) is 0 Å². The summed E-state index contributed by atoms with van der Waals surface area (Å²) in [5, 5.41) is 3.51. The molecule has 1 aromatic heterocycles. The number of morpholine rings is 1. The molecule has 6 nitrogen and oxygen atoms in total. The summed E-state index contributed by atoms with van der Waals surface area (Å²) in [6.45, 7) is 7.23. The number of hydrogen-bond donors (Lipinski definition) is 2. The van der Waals surface area contributed by atoms with Gasteiger partial charge in [0.25, 0.3) is 0 Å². The molecule has 2 heterocycles. The van der Waals surface area contributed by atoms with Crippen molar-refractivity contribution in [2.75, 3.05) is 36.5 Å². The van der Waals surface area contributed by atoms with Crippen LogP contribution in [-0.2, 0) is 16.0 Å². The Labute approximate surface area is 187 Å². The van der Waals surface area contributed by atoms with E-state index in [1.807, 2.05) is 56.3 Å². The maximum atomic E-state index is 12.7. The first-order valence-corrected chi connectivity index (χ1v) is 11.5. The molecule has 162 valence electrons. The normalized spacial score (nSPS) is 15.0. The van der Waals surface area contributed by atoms with E-state index in [4.69, 9.17) is 9.72 Å². The molecule has 4 rings (SSSR count). The lowest BCUT2D eigenvalue weighted by Gasteiger charge is -2.28. The summed E-state index contributed by atoms with van der Waals surface area (Å²) in [5.74, 6) is -0.0391. The van der Waals surface area contributed by atoms with Gasteiger partial charge in [-0.05, 0) is 43.7 Å². The Morgan fingerprint density at radius 3 is 2.58 bits per heavy atom. The van der Waals surface area contributed by atoms with Gasteiger partial charge < -0.3 is 19.9 Å². The lowest BCUT2D eigenvalue weighted by Crippen LogP contribution is -2.36. The van der Waals surface area contributed by atoms with Gasteiger partial charge in [0, 0.05) is 36.6 Å². The number of aryl methyl sites for hydroxylation is 1. The van der Waals surface area contributed by atoms with E-state index in [1.54, 1.807) is 0 Å². The minimum absolute atomic E-state index is 0.0391. The van der Waals surface area contributed by atoms with Gasteiger partial charge in [0.1, 0.15) is 0 Å². The molecule has 7 heteroatoms. The summed E-state index contributed by atoms with van der Waals surface area (Å²) in [6, 6.07) is 18.3. The number of carbonyl (C=O) groups is 1. The molecule has 1 amide bonds. The van der Waals surface area contributed by atoms with E-state index in [0.717, 1.165) is 60.6 Å². The van der Waals surface area contributed by atoms with Crippen LogP contribution in [-0.4, -0.2) is 47.4 Å². The fourth-order valence-electron chi connectivity index (χ4n) is 3.53. The van der Waals surface area contributed by atoms with Gasteiger partial charge in [0.05, 0.1) is 24.2 Å². The Morgan fingerprint density at radius 1 is 1.16 bits per heavy atom. The SMILES string of the molecule is Cc1[nH]c(S[C@@H](C)C(=O)Nc2ccc(N3CCOCC3)cc2)nc1Cc1ccccc1. The van der Waals surface area contributed by atoms with Crippen LogP contribution < -0.4 is 10.2 Å². The number of aromatic nitrogens is 2. The van der Waals surface area contributed by atoms with Crippen LogP contribution >= 0.6 is 11.8 Å². The van der Waals surface area contributed by atoms with Crippen molar-refractivity contribution in [1.82, 2.24) is 9.97 Å². The number of amides is 1. The smallest absolute Gasteiger partial charge is 0.237 e. The highest BCUT2D eigenvalue weighted by atomic mass is 32.2. The average molecular weight is 437 g/mol. The van der Waals surface area contributed by atoms with E-state index >= 15 is 0 Å². The predicted octanol–water partition coefficient (Wildman–Crippen LogP) is 4.26. The fourth-order valence-corrected chi connectivity index (χ4v) is 4.40. The highest BCUT2D eigenvalue weighted by Gasteiger charge is 2.18.